The van der Waals surface area contributed by atoms with Crippen LogP contribution in [0.2, 0.25) is 0 Å². The zero-order valence-electron chi connectivity index (χ0n) is 10.3. The van der Waals surface area contributed by atoms with E-state index in [2.05, 4.69) is 0 Å². The summed E-state index contributed by atoms with van der Waals surface area (Å²) in [6.07, 6.45) is 6.21. The summed E-state index contributed by atoms with van der Waals surface area (Å²) in [4.78, 5) is 0. The molecule has 2 rings (SSSR count). The lowest BCUT2D eigenvalue weighted by atomic mass is 9.82. The van der Waals surface area contributed by atoms with Gasteiger partial charge < -0.3 is 14.6 Å². The van der Waals surface area contributed by atoms with E-state index in [0.717, 1.165) is 32.3 Å². The molecule has 2 atom stereocenters. The van der Waals surface area contributed by atoms with Crippen LogP contribution in [0.3, 0.4) is 0 Å². The van der Waals surface area contributed by atoms with E-state index in [0.29, 0.717) is 13.2 Å². The summed E-state index contributed by atoms with van der Waals surface area (Å²) in [5.74, 6) is 0.276. The molecule has 1 aliphatic heterocycles. The molecule has 1 heterocycles. The predicted octanol–water partition coefficient (Wildman–Crippen LogP) is 2.12. The second-order valence-electron chi connectivity index (χ2n) is 5.13. The van der Waals surface area contributed by atoms with Crippen molar-refractivity contribution in [2.45, 2.75) is 57.2 Å². The van der Waals surface area contributed by atoms with E-state index in [1.807, 2.05) is 6.92 Å². The van der Waals surface area contributed by atoms with Crippen LogP contribution in [-0.4, -0.2) is 36.6 Å². The molecule has 2 unspecified atom stereocenters. The van der Waals surface area contributed by atoms with E-state index in [9.17, 15) is 5.11 Å². The molecule has 0 aromatic heterocycles. The van der Waals surface area contributed by atoms with Crippen molar-refractivity contribution in [3.8, 4) is 0 Å². The highest BCUT2D eigenvalue weighted by molar-refractivity contribution is 4.96. The van der Waals surface area contributed by atoms with Gasteiger partial charge >= 0.3 is 0 Å². The Morgan fingerprint density at radius 3 is 2.69 bits per heavy atom. The van der Waals surface area contributed by atoms with Gasteiger partial charge in [0.05, 0.1) is 18.3 Å². The minimum absolute atomic E-state index is 0.264. The van der Waals surface area contributed by atoms with Crippen LogP contribution < -0.4 is 0 Å². The maximum absolute atomic E-state index is 10.6. The van der Waals surface area contributed by atoms with Crippen molar-refractivity contribution < 1.29 is 14.6 Å². The summed E-state index contributed by atoms with van der Waals surface area (Å²) >= 11 is 0. The summed E-state index contributed by atoms with van der Waals surface area (Å²) in [5.41, 5.74) is -0.264. The third-order valence-electron chi connectivity index (χ3n) is 4.06. The van der Waals surface area contributed by atoms with Gasteiger partial charge in [-0.3, -0.25) is 0 Å². The Morgan fingerprint density at radius 2 is 2.12 bits per heavy atom. The molecule has 1 N–H and O–H groups in total. The highest BCUT2D eigenvalue weighted by atomic mass is 16.5. The van der Waals surface area contributed by atoms with Crippen LogP contribution in [0.5, 0.6) is 0 Å². The Hall–Kier alpha value is -0.120. The summed E-state index contributed by atoms with van der Waals surface area (Å²) < 4.78 is 11.4. The zero-order valence-corrected chi connectivity index (χ0v) is 10.3. The van der Waals surface area contributed by atoms with E-state index in [1.54, 1.807) is 0 Å². The second-order valence-corrected chi connectivity index (χ2v) is 5.13. The molecular formula is C13H24O3. The van der Waals surface area contributed by atoms with Crippen LogP contribution in [0, 0.1) is 5.92 Å². The van der Waals surface area contributed by atoms with Crippen molar-refractivity contribution in [1.82, 2.24) is 0 Å². The monoisotopic (exact) mass is 228 g/mol. The topological polar surface area (TPSA) is 38.7 Å². The fourth-order valence-corrected chi connectivity index (χ4v) is 3.23. The maximum Gasteiger partial charge on any atom is 0.0943 e. The first-order valence-corrected chi connectivity index (χ1v) is 6.68. The Bertz CT molecular complexity index is 205. The lowest BCUT2D eigenvalue weighted by Gasteiger charge is -2.39. The lowest BCUT2D eigenvalue weighted by molar-refractivity contribution is -0.152. The highest BCUT2D eigenvalue weighted by Gasteiger charge is 2.45. The fourth-order valence-electron chi connectivity index (χ4n) is 3.23. The number of hydrogen-bond acceptors (Lipinski definition) is 3. The van der Waals surface area contributed by atoms with Crippen molar-refractivity contribution in [3.63, 3.8) is 0 Å². The van der Waals surface area contributed by atoms with Crippen LogP contribution in [0.15, 0.2) is 0 Å². The Kier molecular flexibility index (Phi) is 4.22. The molecule has 94 valence electrons. The first-order valence-electron chi connectivity index (χ1n) is 6.68. The average molecular weight is 228 g/mol. The molecule has 0 radical (unpaired) electrons. The molecule has 0 amide bonds. The van der Waals surface area contributed by atoms with Crippen molar-refractivity contribution in [2.24, 2.45) is 5.92 Å². The molecule has 0 aromatic carbocycles. The smallest absolute Gasteiger partial charge is 0.0943 e. The van der Waals surface area contributed by atoms with Gasteiger partial charge in [-0.2, -0.15) is 0 Å². The van der Waals surface area contributed by atoms with Gasteiger partial charge in [-0.25, -0.2) is 0 Å². The predicted molar refractivity (Wildman–Crippen MR) is 62.4 cm³/mol. The lowest BCUT2D eigenvalue weighted by Crippen LogP contribution is -2.48. The van der Waals surface area contributed by atoms with Crippen LogP contribution in [0.4, 0.5) is 0 Å². The Morgan fingerprint density at radius 1 is 1.38 bits per heavy atom. The van der Waals surface area contributed by atoms with E-state index < -0.39 is 0 Å². The molecule has 16 heavy (non-hydrogen) atoms. The molecule has 2 aliphatic rings. The molecule has 1 saturated heterocycles. The van der Waals surface area contributed by atoms with E-state index in [4.69, 9.17) is 9.47 Å². The summed E-state index contributed by atoms with van der Waals surface area (Å²) in [7, 11) is 0. The van der Waals surface area contributed by atoms with Crippen molar-refractivity contribution in [1.29, 1.82) is 0 Å². The molecule has 2 fully saturated rings. The molecule has 3 nitrogen and oxygen atoms in total. The second kappa shape index (κ2) is 5.48. The standard InChI is InChI=1S/C13H24O3/c1-2-16-13(7-3-4-8-13)12(14)11-6-5-9-15-10-11/h11-12,14H,2-10H2,1H3. The minimum atomic E-state index is -0.338. The average Bonchev–Trinajstić information content (AvgIpc) is 2.80. The van der Waals surface area contributed by atoms with Crippen LogP contribution in [0.1, 0.15) is 45.4 Å². The van der Waals surface area contributed by atoms with Crippen molar-refractivity contribution in [2.75, 3.05) is 19.8 Å². The van der Waals surface area contributed by atoms with Crippen LogP contribution in [0.25, 0.3) is 0 Å². The Balaban J connectivity index is 2.00. The first-order chi connectivity index (χ1) is 7.78. The number of hydrogen-bond donors (Lipinski definition) is 1. The first kappa shape index (κ1) is 12.3. The molecule has 1 aliphatic carbocycles. The number of ether oxygens (including phenoxy) is 2. The van der Waals surface area contributed by atoms with Gasteiger partial charge in [-0.1, -0.05) is 12.8 Å². The third kappa shape index (κ3) is 2.41. The van der Waals surface area contributed by atoms with Crippen LogP contribution in [-0.2, 0) is 9.47 Å². The van der Waals surface area contributed by atoms with Gasteiger partial charge in [0, 0.05) is 19.1 Å². The maximum atomic E-state index is 10.6. The largest absolute Gasteiger partial charge is 0.390 e. The minimum Gasteiger partial charge on any atom is -0.390 e. The van der Waals surface area contributed by atoms with Gasteiger partial charge in [0.1, 0.15) is 0 Å². The molecule has 1 saturated carbocycles. The zero-order chi connectivity index (χ0) is 11.4. The van der Waals surface area contributed by atoms with E-state index in [-0.39, 0.29) is 17.6 Å². The number of aliphatic hydroxyl groups excluding tert-OH is 1. The number of aliphatic hydroxyl groups is 1. The Labute approximate surface area is 98.1 Å². The van der Waals surface area contributed by atoms with Gasteiger partial charge in [0.15, 0.2) is 0 Å². The third-order valence-corrected chi connectivity index (χ3v) is 4.06. The molecule has 0 aromatic rings. The van der Waals surface area contributed by atoms with Gasteiger partial charge in [0.2, 0.25) is 0 Å². The van der Waals surface area contributed by atoms with Gasteiger partial charge in [-0.15, -0.1) is 0 Å². The molecule has 3 heteroatoms. The van der Waals surface area contributed by atoms with Crippen molar-refractivity contribution >= 4 is 0 Å². The SMILES string of the molecule is CCOC1(C(O)C2CCCOC2)CCCC1. The normalized spacial score (nSPS) is 31.5. The highest BCUT2D eigenvalue weighted by Crippen LogP contribution is 2.40. The summed E-state index contributed by atoms with van der Waals surface area (Å²) in [6, 6.07) is 0. The fraction of sp³-hybridized carbons (Fsp3) is 1.00. The molecule has 0 spiro atoms. The number of rotatable bonds is 4. The van der Waals surface area contributed by atoms with Gasteiger partial charge in [0.25, 0.3) is 0 Å². The van der Waals surface area contributed by atoms with Crippen molar-refractivity contribution in [3.05, 3.63) is 0 Å². The molecular weight excluding hydrogens is 204 g/mol. The van der Waals surface area contributed by atoms with Crippen LogP contribution >= 0.6 is 0 Å². The summed E-state index contributed by atoms with van der Waals surface area (Å²) in [6.45, 7) is 4.27. The summed E-state index contributed by atoms with van der Waals surface area (Å²) in [5, 5.41) is 10.6. The van der Waals surface area contributed by atoms with E-state index >= 15 is 0 Å². The van der Waals surface area contributed by atoms with E-state index in [1.165, 1.54) is 12.8 Å². The quantitative estimate of drug-likeness (QED) is 0.801. The molecule has 0 bridgehead atoms. The van der Waals surface area contributed by atoms with Gasteiger partial charge in [-0.05, 0) is 32.6 Å².